The molecule has 80 heavy (non-hydrogen) atoms. The summed E-state index contributed by atoms with van der Waals surface area (Å²) in [5.41, 5.74) is 1.17. The summed E-state index contributed by atoms with van der Waals surface area (Å²) in [6, 6.07) is 2.97. The van der Waals surface area contributed by atoms with Crippen LogP contribution in [-0.2, 0) is 65.5 Å². The van der Waals surface area contributed by atoms with Crippen molar-refractivity contribution in [3.63, 3.8) is 0 Å². The zero-order valence-corrected chi connectivity index (χ0v) is 46.6. The molecule has 2 saturated heterocycles. The fraction of sp³-hybridized carbons (Fsp3) is 0.579. The predicted octanol–water partition coefficient (Wildman–Crippen LogP) is 1.25. The number of ether oxygens (including phenoxy) is 1. The Balaban J connectivity index is 1.52. The van der Waals surface area contributed by atoms with Gasteiger partial charge in [0, 0.05) is 32.7 Å². The molecule has 1 aliphatic carbocycles. The first-order valence-electron chi connectivity index (χ1n) is 27.6. The second-order valence-corrected chi connectivity index (χ2v) is 21.5. The number of fused-ring (bicyclic) bond motifs is 2. The lowest BCUT2D eigenvalue weighted by molar-refractivity contribution is -0.167. The molecule has 23 heteroatoms. The zero-order chi connectivity index (χ0) is 59.0. The quantitative estimate of drug-likeness (QED) is 0.0699. The van der Waals surface area contributed by atoms with E-state index in [1.54, 1.807) is 77.1 Å². The number of piperidine rings is 1. The van der Waals surface area contributed by atoms with Gasteiger partial charge < -0.3 is 66.9 Å². The van der Waals surface area contributed by atoms with Crippen LogP contribution in [0.1, 0.15) is 117 Å². The summed E-state index contributed by atoms with van der Waals surface area (Å²) in [4.78, 5) is 143. The normalized spacial score (nSPS) is 26.5. The number of likely N-dealkylation sites (N-methyl/N-ethyl adjacent to an activating group) is 1. The van der Waals surface area contributed by atoms with Gasteiger partial charge in [0.2, 0.25) is 47.3 Å². The molecule has 2 aromatic rings. The maximum Gasteiger partial charge on any atom is 0.329 e. The number of nitrogens with one attached hydrogen (secondary N) is 6. The first kappa shape index (κ1) is 63.4. The fourth-order valence-corrected chi connectivity index (χ4v) is 10.1. The number of amides is 8. The SMILES string of the molecule is CCCC(=O)N[C@@H](Cc1ccc(O)cc1)C(=O)N[C@@H](CCC(=O)N[C@@H]1C(=O)N[C@@H](C[C@H]2C=C[C@H](O)CC2)C(=O)N[C@H]2CC[C@@H](O)N(C2=O)[C@@H](C(C)C)C(=O)N(C)[C@@H](Cc2ccccc2)C(=O)N[C@@H]([C@@H](C)CC)C(=O)O[C@@H]1C)C(=O)O. The van der Waals surface area contributed by atoms with E-state index in [9.17, 15) is 68.4 Å². The molecule has 2 bridgehead atoms. The first-order chi connectivity index (χ1) is 37.9. The van der Waals surface area contributed by atoms with Crippen molar-refractivity contribution in [2.75, 3.05) is 7.05 Å². The molecule has 8 amide bonds. The minimum Gasteiger partial charge on any atom is -0.508 e. The van der Waals surface area contributed by atoms with Gasteiger partial charge in [0.25, 0.3) is 0 Å². The minimum atomic E-state index is -1.81. The van der Waals surface area contributed by atoms with Crippen molar-refractivity contribution in [1.82, 2.24) is 41.7 Å². The highest BCUT2D eigenvalue weighted by molar-refractivity contribution is 5.98. The number of aliphatic carboxylic acids is 1. The average molecular weight is 1120 g/mol. The number of carboxylic acids is 1. The molecule has 2 fully saturated rings. The van der Waals surface area contributed by atoms with Gasteiger partial charge in [-0.25, -0.2) is 9.59 Å². The number of aliphatic hydroxyl groups excluding tert-OH is 2. The number of hydrogen-bond acceptors (Lipinski definition) is 14. The number of aromatic hydroxyl groups is 1. The van der Waals surface area contributed by atoms with E-state index in [1.807, 2.05) is 0 Å². The van der Waals surface area contributed by atoms with Gasteiger partial charge in [-0.1, -0.05) is 95.7 Å². The molecular weight excluding hydrogens is 1040 g/mol. The number of benzene rings is 2. The largest absolute Gasteiger partial charge is 0.508 e. The summed E-state index contributed by atoms with van der Waals surface area (Å²) in [5.74, 6) is -10.8. The number of carbonyl (C=O) groups excluding carboxylic acids is 9. The molecule has 0 spiro atoms. The van der Waals surface area contributed by atoms with E-state index in [2.05, 4.69) is 31.9 Å². The lowest BCUT2D eigenvalue weighted by Gasteiger charge is -2.44. The lowest BCUT2D eigenvalue weighted by atomic mass is 9.88. The number of phenols is 1. The third kappa shape index (κ3) is 17.5. The van der Waals surface area contributed by atoms with E-state index in [1.165, 1.54) is 43.1 Å². The van der Waals surface area contributed by atoms with Gasteiger partial charge >= 0.3 is 11.9 Å². The first-order valence-corrected chi connectivity index (χ1v) is 27.6. The van der Waals surface area contributed by atoms with Crippen LogP contribution in [-0.4, -0.2) is 163 Å². The molecule has 2 heterocycles. The van der Waals surface area contributed by atoms with E-state index in [0.717, 1.165) is 4.90 Å². The number of allylic oxidation sites excluding steroid dienone is 1. The van der Waals surface area contributed by atoms with Crippen molar-refractivity contribution in [2.45, 2.75) is 185 Å². The summed E-state index contributed by atoms with van der Waals surface area (Å²) in [7, 11) is 1.39. The monoisotopic (exact) mass is 1120 g/mol. The smallest absolute Gasteiger partial charge is 0.329 e. The van der Waals surface area contributed by atoms with Crippen molar-refractivity contribution in [3.05, 3.63) is 77.9 Å². The Morgan fingerprint density at radius 2 is 1.45 bits per heavy atom. The van der Waals surface area contributed by atoms with Crippen LogP contribution in [0.4, 0.5) is 0 Å². The van der Waals surface area contributed by atoms with E-state index in [-0.39, 0.29) is 44.3 Å². The number of cyclic esters (lactones) is 1. The van der Waals surface area contributed by atoms with Gasteiger partial charge in [0.05, 0.1) is 6.10 Å². The molecule has 10 N–H and O–H groups in total. The van der Waals surface area contributed by atoms with E-state index in [0.29, 0.717) is 36.8 Å². The van der Waals surface area contributed by atoms with Crippen LogP contribution in [0.25, 0.3) is 0 Å². The molecule has 0 aromatic heterocycles. The second kappa shape index (κ2) is 29.7. The van der Waals surface area contributed by atoms with Crippen molar-refractivity contribution >= 4 is 59.2 Å². The van der Waals surface area contributed by atoms with Crippen LogP contribution < -0.4 is 31.9 Å². The predicted molar refractivity (Wildman–Crippen MR) is 290 cm³/mol. The molecule has 438 valence electrons. The average Bonchev–Trinajstić information content (AvgIpc) is 3.46. The Bertz CT molecular complexity index is 2550. The molecule has 0 unspecified atom stereocenters. The van der Waals surface area contributed by atoms with Gasteiger partial charge in [-0.3, -0.25) is 38.4 Å². The van der Waals surface area contributed by atoms with E-state index in [4.69, 9.17) is 4.74 Å². The van der Waals surface area contributed by atoms with Crippen LogP contribution in [0.3, 0.4) is 0 Å². The van der Waals surface area contributed by atoms with Crippen LogP contribution >= 0.6 is 0 Å². The Kier molecular flexibility index (Phi) is 23.6. The number of aliphatic hydroxyl groups is 2. The van der Waals surface area contributed by atoms with Crippen molar-refractivity contribution < 1.29 is 73.1 Å². The lowest BCUT2D eigenvalue weighted by Crippen LogP contribution is -2.66. The van der Waals surface area contributed by atoms with Crippen molar-refractivity contribution in [2.24, 2.45) is 17.8 Å². The third-order valence-corrected chi connectivity index (χ3v) is 15.0. The maximum absolute atomic E-state index is 14.9. The van der Waals surface area contributed by atoms with Crippen LogP contribution in [0.2, 0.25) is 0 Å². The van der Waals surface area contributed by atoms with E-state index >= 15 is 0 Å². The highest BCUT2D eigenvalue weighted by atomic mass is 16.5. The minimum absolute atomic E-state index is 0.0403. The molecular formula is C57H80N8O15. The van der Waals surface area contributed by atoms with Crippen LogP contribution in [0, 0.1) is 17.8 Å². The van der Waals surface area contributed by atoms with Crippen LogP contribution in [0.15, 0.2) is 66.7 Å². The number of esters is 1. The van der Waals surface area contributed by atoms with Gasteiger partial charge in [-0.15, -0.1) is 0 Å². The molecule has 2 aliphatic heterocycles. The highest BCUT2D eigenvalue weighted by Crippen LogP contribution is 2.28. The Hall–Kier alpha value is -7.40. The third-order valence-electron chi connectivity index (χ3n) is 15.0. The summed E-state index contributed by atoms with van der Waals surface area (Å²) < 4.78 is 5.96. The highest BCUT2D eigenvalue weighted by Gasteiger charge is 2.47. The second-order valence-electron chi connectivity index (χ2n) is 21.5. The Morgan fingerprint density at radius 1 is 0.762 bits per heavy atom. The molecule has 3 aliphatic rings. The molecule has 23 nitrogen and oxygen atoms in total. The van der Waals surface area contributed by atoms with Crippen molar-refractivity contribution in [1.29, 1.82) is 0 Å². The number of rotatable bonds is 19. The Morgan fingerprint density at radius 3 is 2.06 bits per heavy atom. The number of carboxylic acid groups (broad SMARTS) is 1. The van der Waals surface area contributed by atoms with E-state index < -0.39 is 157 Å². The molecule has 5 rings (SSSR count). The summed E-state index contributed by atoms with van der Waals surface area (Å²) >= 11 is 0. The zero-order valence-electron chi connectivity index (χ0n) is 46.6. The number of phenolic OH excluding ortho intramolecular Hbond substituents is 1. The summed E-state index contributed by atoms with van der Waals surface area (Å²) in [5, 5.41) is 57.5. The Labute approximate surface area is 466 Å². The van der Waals surface area contributed by atoms with Crippen LogP contribution in [0.5, 0.6) is 5.75 Å². The topological polar surface area (TPSA) is 340 Å². The van der Waals surface area contributed by atoms with Gasteiger partial charge in [0.1, 0.15) is 66.4 Å². The molecule has 0 radical (unpaired) electrons. The van der Waals surface area contributed by atoms with Gasteiger partial charge in [-0.2, -0.15) is 0 Å². The standard InChI is InChI=1S/C57H80N8O15/c1-8-13-44(68)58-41(28-35-16-20-37(66)21-17-35)50(71)60-40(56(77)78)24-26-45(69)62-48-33(6)80-57(79)47(32(5)9-2)63-52(73)43(30-34-14-11-10-12-15-34)64(7)55(76)49(31(3)4)65-46(70)27-25-39(54(65)75)59-51(72)42(61-53(48)74)29-36-18-22-38(67)23-19-36/h10-12,14-18,20-22,31-33,36,38-43,46-49,66-67,70H,8-9,13,19,23-30H2,1-7H3,(H,58,68)(H,59,72)(H,60,71)(H,61,74)(H,62,69)(H,63,73)(H,77,78)/t32-,33+,36-,38-,39-,40-,41-,42-,43-,46+,47-,48-,49-/m0/s1. The summed E-state index contributed by atoms with van der Waals surface area (Å²) in [6.07, 6.45) is -0.565. The number of nitrogens with zero attached hydrogens (tertiary/aromatic N) is 2. The fourth-order valence-electron chi connectivity index (χ4n) is 10.1. The maximum atomic E-state index is 14.9. The van der Waals surface area contributed by atoms with Gasteiger partial charge in [0.15, 0.2) is 0 Å². The number of carbonyl (C=O) groups is 10. The number of hydrogen-bond donors (Lipinski definition) is 10. The molecule has 13 atom stereocenters. The van der Waals surface area contributed by atoms with Gasteiger partial charge in [-0.05, 0) is 92.9 Å². The molecule has 0 saturated carbocycles. The molecule has 2 aromatic carbocycles. The van der Waals surface area contributed by atoms with Crippen molar-refractivity contribution in [3.8, 4) is 5.75 Å². The summed E-state index contributed by atoms with van der Waals surface area (Å²) in [6.45, 7) is 9.82.